The summed E-state index contributed by atoms with van der Waals surface area (Å²) in [6.45, 7) is 1.86. The van der Waals surface area contributed by atoms with Crippen LogP contribution in [0, 0.1) is 0 Å². The number of nitrogens with one attached hydrogen (secondary N) is 1. The predicted molar refractivity (Wildman–Crippen MR) is 95.8 cm³/mol. The van der Waals surface area contributed by atoms with Crippen LogP contribution in [0.5, 0.6) is 0 Å². The number of amides is 1. The molecule has 0 spiro atoms. The van der Waals surface area contributed by atoms with E-state index in [9.17, 15) is 4.79 Å². The zero-order valence-corrected chi connectivity index (χ0v) is 13.3. The van der Waals surface area contributed by atoms with Crippen LogP contribution in [0.15, 0.2) is 84.2 Å². The van der Waals surface area contributed by atoms with Crippen molar-refractivity contribution in [3.63, 3.8) is 0 Å². The highest BCUT2D eigenvalue weighted by molar-refractivity contribution is 6.01. The second-order valence-corrected chi connectivity index (χ2v) is 5.32. The molecule has 2 aromatic carbocycles. The molecule has 0 radical (unpaired) electrons. The molecule has 0 aliphatic heterocycles. The normalized spacial score (nSPS) is 11.1. The first kappa shape index (κ1) is 15.6. The Morgan fingerprint density at radius 2 is 1.58 bits per heavy atom. The van der Waals surface area contributed by atoms with Gasteiger partial charge in [0.15, 0.2) is 0 Å². The first-order chi connectivity index (χ1) is 11.7. The fourth-order valence-corrected chi connectivity index (χ4v) is 2.30. The number of nitrogens with zero attached hydrogens (tertiary/aromatic N) is 2. The van der Waals surface area contributed by atoms with E-state index in [1.165, 1.54) is 11.8 Å². The highest BCUT2D eigenvalue weighted by Gasteiger charge is 2.04. The lowest BCUT2D eigenvalue weighted by Gasteiger charge is -2.05. The summed E-state index contributed by atoms with van der Waals surface area (Å²) in [5.74, 6) is -0.275. The minimum Gasteiger partial charge on any atom is -0.267 e. The zero-order chi connectivity index (χ0) is 16.8. The van der Waals surface area contributed by atoms with Crippen molar-refractivity contribution in [3.8, 4) is 11.1 Å². The molecule has 1 heterocycles. The summed E-state index contributed by atoms with van der Waals surface area (Å²) in [6, 6.07) is 21.7. The summed E-state index contributed by atoms with van der Waals surface area (Å²) in [6.07, 6.45) is 3.13. The molecule has 4 heteroatoms. The van der Waals surface area contributed by atoms with Crippen LogP contribution in [0.2, 0.25) is 0 Å². The van der Waals surface area contributed by atoms with E-state index in [-0.39, 0.29) is 5.91 Å². The molecule has 0 saturated carbocycles. The fraction of sp³-hybridized carbons (Fsp3) is 0.0500. The van der Waals surface area contributed by atoms with Gasteiger partial charge in [-0.1, -0.05) is 54.6 Å². The maximum absolute atomic E-state index is 12.0. The third-order valence-electron chi connectivity index (χ3n) is 3.66. The Hall–Kier alpha value is -3.27. The van der Waals surface area contributed by atoms with E-state index in [1.807, 2.05) is 49.4 Å². The molecule has 0 fully saturated rings. The molecule has 0 atom stereocenters. The molecule has 118 valence electrons. The maximum Gasteiger partial charge on any atom is 0.272 e. The number of pyridine rings is 1. The van der Waals surface area contributed by atoms with Crippen molar-refractivity contribution < 1.29 is 4.79 Å². The van der Waals surface area contributed by atoms with Gasteiger partial charge in [0.1, 0.15) is 0 Å². The highest BCUT2D eigenvalue weighted by Crippen LogP contribution is 2.19. The molecular formula is C20H17N3O. The third kappa shape index (κ3) is 3.73. The predicted octanol–water partition coefficient (Wildman–Crippen LogP) is 3.90. The first-order valence-electron chi connectivity index (χ1n) is 7.64. The lowest BCUT2D eigenvalue weighted by Crippen LogP contribution is -2.19. The Morgan fingerprint density at radius 1 is 0.875 bits per heavy atom. The zero-order valence-electron chi connectivity index (χ0n) is 13.3. The first-order valence-corrected chi connectivity index (χ1v) is 7.64. The quantitative estimate of drug-likeness (QED) is 0.586. The fourth-order valence-electron chi connectivity index (χ4n) is 2.30. The van der Waals surface area contributed by atoms with Crippen LogP contribution < -0.4 is 5.43 Å². The minimum atomic E-state index is -0.275. The van der Waals surface area contributed by atoms with Crippen LogP contribution in [0.1, 0.15) is 22.8 Å². The molecule has 3 rings (SSSR count). The summed E-state index contributed by atoms with van der Waals surface area (Å²) in [7, 11) is 0. The van der Waals surface area contributed by atoms with E-state index in [0.29, 0.717) is 5.56 Å². The van der Waals surface area contributed by atoms with Gasteiger partial charge in [0, 0.05) is 12.4 Å². The molecule has 24 heavy (non-hydrogen) atoms. The smallest absolute Gasteiger partial charge is 0.267 e. The average molecular weight is 315 g/mol. The molecule has 0 saturated heterocycles. The number of aromatic nitrogens is 1. The molecule has 1 aromatic heterocycles. The van der Waals surface area contributed by atoms with Crippen LogP contribution >= 0.6 is 0 Å². The molecule has 0 aliphatic rings. The SMILES string of the molecule is C/C(=N/NC(=O)c1cccnc1)c1ccc(-c2ccccc2)cc1. The van der Waals surface area contributed by atoms with Gasteiger partial charge in [-0.25, -0.2) is 5.43 Å². The Bertz CT molecular complexity index is 841. The third-order valence-corrected chi connectivity index (χ3v) is 3.66. The van der Waals surface area contributed by atoms with Crippen LogP contribution in [0.4, 0.5) is 0 Å². The van der Waals surface area contributed by atoms with Gasteiger partial charge in [-0.3, -0.25) is 9.78 Å². The summed E-state index contributed by atoms with van der Waals surface area (Å²) in [4.78, 5) is 15.9. The van der Waals surface area contributed by atoms with E-state index >= 15 is 0 Å². The lowest BCUT2D eigenvalue weighted by atomic mass is 10.0. The number of hydrazone groups is 1. The Labute approximate surface area is 140 Å². The van der Waals surface area contributed by atoms with E-state index in [2.05, 4.69) is 27.6 Å². The van der Waals surface area contributed by atoms with Crippen molar-refractivity contribution in [3.05, 3.63) is 90.3 Å². The van der Waals surface area contributed by atoms with Gasteiger partial charge in [-0.15, -0.1) is 0 Å². The molecule has 0 bridgehead atoms. The van der Waals surface area contributed by atoms with Gasteiger partial charge in [0.2, 0.25) is 0 Å². The number of carbonyl (C=O) groups is 1. The van der Waals surface area contributed by atoms with Gasteiger partial charge in [0.05, 0.1) is 11.3 Å². The van der Waals surface area contributed by atoms with E-state index in [0.717, 1.165) is 16.8 Å². The molecular weight excluding hydrogens is 298 g/mol. The molecule has 1 N–H and O–H groups in total. The van der Waals surface area contributed by atoms with Gasteiger partial charge in [-0.2, -0.15) is 5.10 Å². The van der Waals surface area contributed by atoms with Crippen LogP contribution in [0.3, 0.4) is 0 Å². The van der Waals surface area contributed by atoms with Gasteiger partial charge in [0.25, 0.3) is 5.91 Å². The van der Waals surface area contributed by atoms with Crippen LogP contribution in [-0.2, 0) is 0 Å². The summed E-state index contributed by atoms with van der Waals surface area (Å²) < 4.78 is 0. The average Bonchev–Trinajstić information content (AvgIpc) is 2.67. The second kappa shape index (κ2) is 7.33. The van der Waals surface area contributed by atoms with Gasteiger partial charge >= 0.3 is 0 Å². The van der Waals surface area contributed by atoms with E-state index < -0.39 is 0 Å². The van der Waals surface area contributed by atoms with Crippen molar-refractivity contribution in [2.45, 2.75) is 6.92 Å². The Balaban J connectivity index is 1.71. The summed E-state index contributed by atoms with van der Waals surface area (Å²) in [5, 5.41) is 4.16. The number of rotatable bonds is 4. The highest BCUT2D eigenvalue weighted by atomic mass is 16.2. The molecule has 4 nitrogen and oxygen atoms in total. The minimum absolute atomic E-state index is 0.275. The maximum atomic E-state index is 12.0. The number of hydrogen-bond donors (Lipinski definition) is 1. The van der Waals surface area contributed by atoms with Gasteiger partial charge < -0.3 is 0 Å². The van der Waals surface area contributed by atoms with Crippen molar-refractivity contribution in [1.29, 1.82) is 0 Å². The molecule has 3 aromatic rings. The monoisotopic (exact) mass is 315 g/mol. The van der Waals surface area contributed by atoms with Crippen molar-refractivity contribution >= 4 is 11.6 Å². The lowest BCUT2D eigenvalue weighted by molar-refractivity contribution is 0.0954. The van der Waals surface area contributed by atoms with Crippen LogP contribution in [-0.4, -0.2) is 16.6 Å². The Kier molecular flexibility index (Phi) is 4.77. The second-order valence-electron chi connectivity index (χ2n) is 5.32. The summed E-state index contributed by atoms with van der Waals surface area (Å²) >= 11 is 0. The largest absolute Gasteiger partial charge is 0.272 e. The Morgan fingerprint density at radius 3 is 2.25 bits per heavy atom. The molecule has 0 aliphatic carbocycles. The topological polar surface area (TPSA) is 54.4 Å². The number of carbonyl (C=O) groups excluding carboxylic acids is 1. The standard InChI is InChI=1S/C20H17N3O/c1-15(22-23-20(24)19-8-5-13-21-14-19)16-9-11-18(12-10-16)17-6-3-2-4-7-17/h2-14H,1H3,(H,23,24)/b22-15-. The van der Waals surface area contributed by atoms with Gasteiger partial charge in [-0.05, 0) is 35.7 Å². The van der Waals surface area contributed by atoms with Crippen molar-refractivity contribution in [2.75, 3.05) is 0 Å². The number of benzene rings is 2. The molecule has 0 unspecified atom stereocenters. The summed E-state index contributed by atoms with van der Waals surface area (Å²) in [5.41, 5.74) is 7.05. The van der Waals surface area contributed by atoms with Crippen LogP contribution in [0.25, 0.3) is 11.1 Å². The van der Waals surface area contributed by atoms with E-state index in [1.54, 1.807) is 18.3 Å². The van der Waals surface area contributed by atoms with Crippen molar-refractivity contribution in [2.24, 2.45) is 5.10 Å². The number of hydrogen-bond acceptors (Lipinski definition) is 3. The molecule has 1 amide bonds. The van der Waals surface area contributed by atoms with E-state index in [4.69, 9.17) is 0 Å². The van der Waals surface area contributed by atoms with Crippen molar-refractivity contribution in [1.82, 2.24) is 10.4 Å².